The van der Waals surface area contributed by atoms with Crippen LogP contribution in [0.25, 0.3) is 10.9 Å². The van der Waals surface area contributed by atoms with Crippen LogP contribution in [0.5, 0.6) is 5.75 Å². The summed E-state index contributed by atoms with van der Waals surface area (Å²) in [6, 6.07) is 13.0. The van der Waals surface area contributed by atoms with Crippen molar-refractivity contribution >= 4 is 39.0 Å². The zero-order valence-corrected chi connectivity index (χ0v) is 14.6. The Hall–Kier alpha value is -2.60. The predicted octanol–water partition coefficient (Wildman–Crippen LogP) is 4.09. The number of hydrazone groups is 1. The van der Waals surface area contributed by atoms with Gasteiger partial charge in [-0.25, -0.2) is 5.43 Å². The Bertz CT molecular complexity index is 902. The molecule has 122 valence electrons. The lowest BCUT2D eigenvalue weighted by atomic mass is 10.2. The first-order valence-electron chi connectivity index (χ1n) is 7.51. The zero-order valence-electron chi connectivity index (χ0n) is 13.0. The summed E-state index contributed by atoms with van der Waals surface area (Å²) in [5.74, 6) is 0.236. The molecule has 0 fully saturated rings. The van der Waals surface area contributed by atoms with Gasteiger partial charge in [-0.1, -0.05) is 28.1 Å². The van der Waals surface area contributed by atoms with Crippen molar-refractivity contribution in [3.8, 4) is 5.75 Å². The number of aromatic nitrogens is 1. The Morgan fingerprint density at radius 2 is 2.17 bits per heavy atom. The third-order valence-corrected chi connectivity index (χ3v) is 3.97. The van der Waals surface area contributed by atoms with Gasteiger partial charge >= 0.3 is 0 Å². The fourth-order valence-electron chi connectivity index (χ4n) is 2.38. The summed E-state index contributed by atoms with van der Waals surface area (Å²) in [6.45, 7) is 2.37. The minimum absolute atomic E-state index is 0.309. The Balaban J connectivity index is 1.76. The first-order valence-corrected chi connectivity index (χ1v) is 8.30. The number of ether oxygens (including phenoxy) is 1. The van der Waals surface area contributed by atoms with Crippen LogP contribution in [0.4, 0.5) is 0 Å². The van der Waals surface area contributed by atoms with Crippen molar-refractivity contribution in [1.29, 1.82) is 0 Å². The number of nitrogens with one attached hydrogen (secondary N) is 2. The van der Waals surface area contributed by atoms with Gasteiger partial charge < -0.3 is 9.72 Å². The van der Waals surface area contributed by atoms with E-state index >= 15 is 0 Å². The summed E-state index contributed by atoms with van der Waals surface area (Å²) in [5.41, 5.74) is 4.90. The molecule has 1 heterocycles. The third-order valence-electron chi connectivity index (χ3n) is 3.48. The number of carbonyl (C=O) groups excluding carboxylic acids is 1. The van der Waals surface area contributed by atoms with Crippen molar-refractivity contribution < 1.29 is 9.53 Å². The fourth-order valence-corrected chi connectivity index (χ4v) is 2.74. The van der Waals surface area contributed by atoms with E-state index in [1.54, 1.807) is 24.4 Å². The average molecular weight is 386 g/mol. The number of nitrogens with zero attached hydrogens (tertiary/aromatic N) is 1. The van der Waals surface area contributed by atoms with Gasteiger partial charge in [0.15, 0.2) is 0 Å². The molecule has 2 N–H and O–H groups in total. The number of fused-ring (bicyclic) bond motifs is 1. The lowest BCUT2D eigenvalue weighted by Crippen LogP contribution is -2.18. The molecule has 0 aliphatic rings. The summed E-state index contributed by atoms with van der Waals surface area (Å²) < 4.78 is 6.44. The van der Waals surface area contributed by atoms with E-state index in [1.807, 2.05) is 37.4 Å². The largest absolute Gasteiger partial charge is 0.493 e. The van der Waals surface area contributed by atoms with E-state index in [0.29, 0.717) is 17.9 Å². The van der Waals surface area contributed by atoms with Crippen molar-refractivity contribution in [2.45, 2.75) is 6.92 Å². The normalized spacial score (nSPS) is 11.1. The summed E-state index contributed by atoms with van der Waals surface area (Å²) in [4.78, 5) is 15.4. The lowest BCUT2D eigenvalue weighted by molar-refractivity contribution is 0.0951. The van der Waals surface area contributed by atoms with E-state index in [2.05, 4.69) is 31.4 Å². The van der Waals surface area contributed by atoms with Gasteiger partial charge in [0, 0.05) is 27.1 Å². The maximum absolute atomic E-state index is 12.3. The van der Waals surface area contributed by atoms with E-state index in [-0.39, 0.29) is 5.91 Å². The van der Waals surface area contributed by atoms with Gasteiger partial charge in [-0.3, -0.25) is 4.79 Å². The molecule has 0 saturated carbocycles. The number of amides is 1. The topological polar surface area (TPSA) is 66.5 Å². The lowest BCUT2D eigenvalue weighted by Gasteiger charge is -2.08. The molecule has 0 aliphatic carbocycles. The number of halogens is 1. The van der Waals surface area contributed by atoms with Crippen LogP contribution in [-0.2, 0) is 0 Å². The van der Waals surface area contributed by atoms with Crippen LogP contribution >= 0.6 is 15.9 Å². The number of hydrogen-bond acceptors (Lipinski definition) is 3. The monoisotopic (exact) mass is 385 g/mol. The first-order chi connectivity index (χ1) is 11.7. The molecule has 3 rings (SSSR count). The van der Waals surface area contributed by atoms with E-state index in [1.165, 1.54) is 0 Å². The zero-order chi connectivity index (χ0) is 16.9. The third kappa shape index (κ3) is 3.49. The Labute approximate surface area is 147 Å². The van der Waals surface area contributed by atoms with Crippen molar-refractivity contribution in [3.63, 3.8) is 0 Å². The van der Waals surface area contributed by atoms with Gasteiger partial charge in [0.1, 0.15) is 5.75 Å². The van der Waals surface area contributed by atoms with Gasteiger partial charge in [0.2, 0.25) is 0 Å². The minimum atomic E-state index is -0.309. The van der Waals surface area contributed by atoms with Crippen LogP contribution in [0.2, 0.25) is 0 Å². The van der Waals surface area contributed by atoms with Crippen LogP contribution in [0.15, 0.2) is 58.2 Å². The molecule has 0 atom stereocenters. The molecule has 6 heteroatoms. The van der Waals surface area contributed by atoms with E-state index in [0.717, 1.165) is 20.9 Å². The maximum atomic E-state index is 12.3. The molecular formula is C18H16BrN3O2. The van der Waals surface area contributed by atoms with Crippen molar-refractivity contribution in [1.82, 2.24) is 10.4 Å². The molecule has 24 heavy (non-hydrogen) atoms. The molecule has 2 aromatic carbocycles. The Kier molecular flexibility index (Phi) is 4.96. The van der Waals surface area contributed by atoms with Crippen LogP contribution in [0, 0.1) is 0 Å². The molecular weight excluding hydrogens is 370 g/mol. The Morgan fingerprint density at radius 3 is 3.00 bits per heavy atom. The second kappa shape index (κ2) is 7.31. The van der Waals surface area contributed by atoms with Gasteiger partial charge in [-0.15, -0.1) is 0 Å². The molecule has 1 amide bonds. The smallest absolute Gasteiger partial charge is 0.275 e. The minimum Gasteiger partial charge on any atom is -0.493 e. The second-order valence-electron chi connectivity index (χ2n) is 5.06. The summed E-state index contributed by atoms with van der Waals surface area (Å²) >= 11 is 3.45. The van der Waals surface area contributed by atoms with Crippen molar-refractivity contribution in [3.05, 3.63) is 64.3 Å². The van der Waals surface area contributed by atoms with Gasteiger partial charge in [-0.05, 0) is 37.3 Å². The average Bonchev–Trinajstić information content (AvgIpc) is 2.98. The number of hydrogen-bond donors (Lipinski definition) is 2. The summed E-state index contributed by atoms with van der Waals surface area (Å²) in [7, 11) is 0. The first kappa shape index (κ1) is 16.3. The molecule has 0 spiro atoms. The molecule has 0 radical (unpaired) electrons. The highest BCUT2D eigenvalue weighted by Crippen LogP contribution is 2.21. The van der Waals surface area contributed by atoms with E-state index in [4.69, 9.17) is 4.74 Å². The molecule has 3 aromatic rings. The van der Waals surface area contributed by atoms with Crippen molar-refractivity contribution in [2.75, 3.05) is 6.61 Å². The fraction of sp³-hybridized carbons (Fsp3) is 0.111. The molecule has 0 saturated heterocycles. The van der Waals surface area contributed by atoms with Crippen LogP contribution in [0.3, 0.4) is 0 Å². The number of benzene rings is 2. The van der Waals surface area contributed by atoms with Gasteiger partial charge in [0.05, 0.1) is 18.4 Å². The quantitative estimate of drug-likeness (QED) is 0.512. The predicted molar refractivity (Wildman–Crippen MR) is 98.7 cm³/mol. The highest BCUT2D eigenvalue weighted by molar-refractivity contribution is 9.10. The maximum Gasteiger partial charge on any atom is 0.275 e. The Morgan fingerprint density at radius 1 is 1.33 bits per heavy atom. The molecule has 1 aromatic heterocycles. The second-order valence-corrected chi connectivity index (χ2v) is 5.98. The molecule has 0 bridgehead atoms. The van der Waals surface area contributed by atoms with E-state index in [9.17, 15) is 4.79 Å². The molecule has 0 unspecified atom stereocenters. The van der Waals surface area contributed by atoms with Crippen LogP contribution < -0.4 is 10.2 Å². The van der Waals surface area contributed by atoms with Gasteiger partial charge in [0.25, 0.3) is 5.91 Å². The number of rotatable bonds is 5. The van der Waals surface area contributed by atoms with Crippen molar-refractivity contribution in [2.24, 2.45) is 5.10 Å². The standard InChI is InChI=1S/C18H16BrN3O2/c1-2-24-17-6-4-3-5-14(17)18(23)22-21-11-12-10-20-16-8-7-13(19)9-15(12)16/h3-11,20H,2H2,1H3,(H,22,23)/b21-11+. The number of aromatic amines is 1. The number of para-hydroxylation sites is 1. The van der Waals surface area contributed by atoms with Crippen LogP contribution in [0.1, 0.15) is 22.8 Å². The highest BCUT2D eigenvalue weighted by Gasteiger charge is 2.10. The summed E-state index contributed by atoms with van der Waals surface area (Å²) in [5, 5.41) is 5.08. The highest BCUT2D eigenvalue weighted by atomic mass is 79.9. The van der Waals surface area contributed by atoms with E-state index < -0.39 is 0 Å². The number of carbonyl (C=O) groups is 1. The molecule has 5 nitrogen and oxygen atoms in total. The van der Waals surface area contributed by atoms with Gasteiger partial charge in [-0.2, -0.15) is 5.10 Å². The van der Waals surface area contributed by atoms with Crippen LogP contribution in [-0.4, -0.2) is 23.7 Å². The number of H-pyrrole nitrogens is 1. The molecule has 0 aliphatic heterocycles. The summed E-state index contributed by atoms with van der Waals surface area (Å²) in [6.07, 6.45) is 3.47. The SMILES string of the molecule is CCOc1ccccc1C(=O)N/N=C/c1c[nH]c2ccc(Br)cc12.